The van der Waals surface area contributed by atoms with Gasteiger partial charge >= 0.3 is 5.69 Å². The molecule has 118 valence electrons. The largest absolute Gasteiger partial charge is 0.329 e. The number of rotatable bonds is 3. The number of carbonyl (C=O) groups excluding carboxylic acids is 1. The number of aryl methyl sites for hydroxylation is 1. The van der Waals surface area contributed by atoms with Gasteiger partial charge in [0.1, 0.15) is 6.54 Å². The predicted molar refractivity (Wildman–Crippen MR) is 100.0 cm³/mol. The summed E-state index contributed by atoms with van der Waals surface area (Å²) in [5.41, 5.74) is 1.82. The topological polar surface area (TPSA) is 56.0 Å². The van der Waals surface area contributed by atoms with Crippen LogP contribution in [-0.4, -0.2) is 15.0 Å². The van der Waals surface area contributed by atoms with E-state index in [9.17, 15) is 9.59 Å². The highest BCUT2D eigenvalue weighted by Gasteiger charge is 2.14. The molecule has 0 spiro atoms. The number of anilines is 1. The molecule has 1 aromatic heterocycles. The van der Waals surface area contributed by atoms with Crippen molar-refractivity contribution < 1.29 is 4.79 Å². The molecule has 0 bridgehead atoms. The third-order valence-electron chi connectivity index (χ3n) is 3.56. The first kappa shape index (κ1) is 16.1. The van der Waals surface area contributed by atoms with Gasteiger partial charge in [-0.15, -0.1) is 0 Å². The molecule has 5 nitrogen and oxygen atoms in total. The minimum atomic E-state index is -0.299. The molecule has 3 aromatic rings. The van der Waals surface area contributed by atoms with Crippen molar-refractivity contribution in [1.82, 2.24) is 9.13 Å². The van der Waals surface area contributed by atoms with Gasteiger partial charge in [-0.05, 0) is 52.9 Å². The Balaban J connectivity index is 1.89. The van der Waals surface area contributed by atoms with Crippen LogP contribution in [0.25, 0.3) is 11.0 Å². The zero-order chi connectivity index (χ0) is 16.6. The average Bonchev–Trinajstić information content (AvgIpc) is 2.76. The molecule has 0 unspecified atom stereocenters. The normalized spacial score (nSPS) is 10.9. The first-order valence-corrected chi connectivity index (χ1v) is 8.32. The number of halogens is 2. The lowest BCUT2D eigenvalue weighted by atomic mass is 10.3. The molecule has 1 amide bonds. The van der Waals surface area contributed by atoms with Gasteiger partial charge in [0, 0.05) is 10.6 Å². The van der Waals surface area contributed by atoms with Gasteiger partial charge in [-0.25, -0.2) is 4.79 Å². The Bertz CT molecular complexity index is 962. The molecule has 0 saturated heterocycles. The zero-order valence-electron chi connectivity index (χ0n) is 12.2. The molecule has 23 heavy (non-hydrogen) atoms. The van der Waals surface area contributed by atoms with E-state index >= 15 is 0 Å². The molecule has 0 atom stereocenters. The summed E-state index contributed by atoms with van der Waals surface area (Å²) < 4.78 is 3.96. The Hall–Kier alpha value is -1.80. The van der Waals surface area contributed by atoms with E-state index in [1.54, 1.807) is 19.2 Å². The maximum atomic E-state index is 12.3. The molecule has 0 radical (unpaired) electrons. The van der Waals surface area contributed by atoms with Crippen molar-refractivity contribution in [3.63, 3.8) is 0 Å². The quantitative estimate of drug-likeness (QED) is 0.635. The van der Waals surface area contributed by atoms with E-state index in [4.69, 9.17) is 11.6 Å². The number of nitrogens with zero attached hydrogens (tertiary/aromatic N) is 2. The zero-order valence-corrected chi connectivity index (χ0v) is 15.1. The van der Waals surface area contributed by atoms with E-state index in [1.807, 2.05) is 30.3 Å². The van der Waals surface area contributed by atoms with Crippen LogP contribution in [0.3, 0.4) is 0 Å². The van der Waals surface area contributed by atoms with Crippen molar-refractivity contribution in [1.29, 1.82) is 0 Å². The van der Waals surface area contributed by atoms with Crippen LogP contribution < -0.4 is 11.0 Å². The van der Waals surface area contributed by atoms with E-state index in [-0.39, 0.29) is 18.1 Å². The van der Waals surface area contributed by atoms with Gasteiger partial charge < -0.3 is 5.32 Å². The lowest BCUT2D eigenvalue weighted by Gasteiger charge is -2.08. The van der Waals surface area contributed by atoms with Crippen LogP contribution in [0.2, 0.25) is 5.02 Å². The predicted octanol–water partition coefficient (Wildman–Crippen LogP) is 3.24. The Kier molecular flexibility index (Phi) is 4.45. The minimum Gasteiger partial charge on any atom is -0.323 e. The third kappa shape index (κ3) is 3.13. The number of fused-ring (bicyclic) bond motifs is 1. The van der Waals surface area contributed by atoms with E-state index < -0.39 is 0 Å². The summed E-state index contributed by atoms with van der Waals surface area (Å²) in [5.74, 6) is -0.299. The number of carbonyl (C=O) groups is 1. The number of hydrogen-bond acceptors (Lipinski definition) is 2. The highest BCUT2D eigenvalue weighted by atomic mass is 127. The molecule has 2 aromatic carbocycles. The van der Waals surface area contributed by atoms with Crippen LogP contribution in [0, 0.1) is 3.57 Å². The summed E-state index contributed by atoms with van der Waals surface area (Å²) in [4.78, 5) is 24.6. The van der Waals surface area contributed by atoms with Crippen LogP contribution in [0.4, 0.5) is 5.69 Å². The van der Waals surface area contributed by atoms with Crippen molar-refractivity contribution in [2.45, 2.75) is 6.54 Å². The van der Waals surface area contributed by atoms with Gasteiger partial charge in [-0.1, -0.05) is 23.7 Å². The number of amides is 1. The van der Waals surface area contributed by atoms with Crippen LogP contribution >= 0.6 is 34.2 Å². The summed E-state index contributed by atoms with van der Waals surface area (Å²) in [5, 5.41) is 3.21. The van der Waals surface area contributed by atoms with E-state index in [1.165, 1.54) is 9.13 Å². The Labute approximate surface area is 151 Å². The summed E-state index contributed by atoms with van der Waals surface area (Å²) >= 11 is 8.26. The lowest BCUT2D eigenvalue weighted by molar-refractivity contribution is -0.116. The fraction of sp³-hybridized carbons (Fsp3) is 0.125. The number of imidazole rings is 1. The first-order valence-electron chi connectivity index (χ1n) is 6.86. The highest BCUT2D eigenvalue weighted by molar-refractivity contribution is 14.1. The van der Waals surface area contributed by atoms with Crippen LogP contribution in [0.5, 0.6) is 0 Å². The summed E-state index contributed by atoms with van der Waals surface area (Å²) in [6, 6.07) is 12.7. The second-order valence-corrected chi connectivity index (χ2v) is 6.74. The summed E-state index contributed by atoms with van der Waals surface area (Å²) in [7, 11) is 1.69. The van der Waals surface area contributed by atoms with Gasteiger partial charge in [0.2, 0.25) is 5.91 Å². The number of benzene rings is 2. The van der Waals surface area contributed by atoms with Crippen molar-refractivity contribution in [2.24, 2.45) is 7.05 Å². The lowest BCUT2D eigenvalue weighted by Crippen LogP contribution is -2.28. The molecule has 0 aliphatic rings. The van der Waals surface area contributed by atoms with Gasteiger partial charge in [0.05, 0.1) is 21.7 Å². The molecule has 0 saturated carbocycles. The smallest absolute Gasteiger partial charge is 0.323 e. The number of aromatic nitrogens is 2. The molecule has 1 N–H and O–H groups in total. The van der Waals surface area contributed by atoms with E-state index in [0.717, 1.165) is 14.6 Å². The Morgan fingerprint density at radius 3 is 2.61 bits per heavy atom. The summed E-state index contributed by atoms with van der Waals surface area (Å²) in [6.07, 6.45) is 0. The van der Waals surface area contributed by atoms with Crippen LogP contribution in [-0.2, 0) is 18.4 Å². The van der Waals surface area contributed by atoms with Gasteiger partial charge in [0.25, 0.3) is 0 Å². The van der Waals surface area contributed by atoms with Gasteiger partial charge in [0.15, 0.2) is 0 Å². The van der Waals surface area contributed by atoms with Crippen molar-refractivity contribution in [3.8, 4) is 0 Å². The van der Waals surface area contributed by atoms with Crippen LogP contribution in [0.1, 0.15) is 0 Å². The number of nitrogens with one attached hydrogen (secondary N) is 1. The molecule has 0 aliphatic carbocycles. The van der Waals surface area contributed by atoms with Gasteiger partial charge in [-0.2, -0.15) is 0 Å². The average molecular weight is 442 g/mol. The Morgan fingerprint density at radius 2 is 1.91 bits per heavy atom. The monoisotopic (exact) mass is 441 g/mol. The summed E-state index contributed by atoms with van der Waals surface area (Å²) in [6.45, 7) is -0.0670. The van der Waals surface area contributed by atoms with Crippen molar-refractivity contribution in [3.05, 3.63) is 61.5 Å². The SMILES string of the molecule is Cn1c(=O)n(CC(=O)Nc2ccc(I)cc2Cl)c2ccccc21. The van der Waals surface area contributed by atoms with Crippen molar-refractivity contribution >= 4 is 56.8 Å². The number of para-hydroxylation sites is 2. The third-order valence-corrected chi connectivity index (χ3v) is 4.54. The minimum absolute atomic E-state index is 0.0670. The maximum absolute atomic E-state index is 12.3. The van der Waals surface area contributed by atoms with Crippen LogP contribution in [0.15, 0.2) is 47.3 Å². The second-order valence-electron chi connectivity index (χ2n) is 5.09. The molecule has 3 rings (SSSR count). The molecule has 1 heterocycles. The molecular weight excluding hydrogens is 429 g/mol. The fourth-order valence-corrected chi connectivity index (χ4v) is 3.34. The van der Waals surface area contributed by atoms with Gasteiger partial charge in [-0.3, -0.25) is 13.9 Å². The first-order chi connectivity index (χ1) is 11.0. The standard InChI is InChI=1S/C16H13ClIN3O2/c1-20-13-4-2-3-5-14(13)21(16(20)23)9-15(22)19-12-7-6-10(18)8-11(12)17/h2-8H,9H2,1H3,(H,19,22). The molecular formula is C16H13ClIN3O2. The molecule has 7 heteroatoms. The number of hydrogen-bond donors (Lipinski definition) is 1. The van der Waals surface area contributed by atoms with E-state index in [0.29, 0.717) is 10.7 Å². The van der Waals surface area contributed by atoms with E-state index in [2.05, 4.69) is 27.9 Å². The second kappa shape index (κ2) is 6.37. The Morgan fingerprint density at radius 1 is 1.22 bits per heavy atom. The molecule has 0 fully saturated rings. The van der Waals surface area contributed by atoms with Crippen molar-refractivity contribution in [2.75, 3.05) is 5.32 Å². The fourth-order valence-electron chi connectivity index (χ4n) is 2.44. The molecule has 0 aliphatic heterocycles. The highest BCUT2D eigenvalue weighted by Crippen LogP contribution is 2.23. The maximum Gasteiger partial charge on any atom is 0.329 e.